The van der Waals surface area contributed by atoms with Gasteiger partial charge in [-0.2, -0.15) is 0 Å². The van der Waals surface area contributed by atoms with Crippen LogP contribution in [0.25, 0.3) is 10.9 Å². The van der Waals surface area contributed by atoms with Crippen LogP contribution in [-0.2, 0) is 5.11 Å². The Morgan fingerprint density at radius 2 is 1.92 bits per heavy atom. The maximum atomic E-state index is 11.1. The molecule has 0 fully saturated rings. The first kappa shape index (κ1) is 8.20. The third-order valence-electron chi connectivity index (χ3n) is 2.04. The highest BCUT2D eigenvalue weighted by atomic mass is 16.3. The number of pyridine rings is 1. The molecule has 1 aromatic heterocycles. The lowest BCUT2D eigenvalue weighted by atomic mass is 10.2. The second-order valence-electron chi connectivity index (χ2n) is 3.07. The molecular formula is C11H10NO. The second kappa shape index (κ2) is 3.15. The zero-order valence-electron chi connectivity index (χ0n) is 7.40. The van der Waals surface area contributed by atoms with E-state index in [1.54, 1.807) is 13.0 Å². The van der Waals surface area contributed by atoms with Crippen LogP contribution in [-0.4, -0.2) is 4.98 Å². The Balaban J connectivity index is 2.62. The normalized spacial score (nSPS) is 13.1. The molecule has 1 atom stereocenters. The van der Waals surface area contributed by atoms with Gasteiger partial charge < -0.3 is 0 Å². The van der Waals surface area contributed by atoms with Crippen molar-refractivity contribution < 1.29 is 5.11 Å². The lowest BCUT2D eigenvalue weighted by molar-refractivity contribution is 0.103. The van der Waals surface area contributed by atoms with E-state index in [0.717, 1.165) is 10.9 Å². The van der Waals surface area contributed by atoms with E-state index in [9.17, 15) is 5.11 Å². The number of rotatable bonds is 1. The van der Waals surface area contributed by atoms with Gasteiger partial charge >= 0.3 is 0 Å². The third kappa shape index (κ3) is 1.53. The number of para-hydroxylation sites is 1. The summed E-state index contributed by atoms with van der Waals surface area (Å²) in [6, 6.07) is 11.5. The highest BCUT2D eigenvalue weighted by Crippen LogP contribution is 2.15. The van der Waals surface area contributed by atoms with Crippen LogP contribution < -0.4 is 0 Å². The summed E-state index contributed by atoms with van der Waals surface area (Å²) in [5.74, 6) is 0. The average Bonchev–Trinajstić information content (AvgIpc) is 2.17. The molecule has 0 saturated heterocycles. The number of aromatic nitrogens is 1. The van der Waals surface area contributed by atoms with Crippen molar-refractivity contribution in [2.45, 2.75) is 13.0 Å². The summed E-state index contributed by atoms with van der Waals surface area (Å²) in [4.78, 5) is 4.26. The fourth-order valence-corrected chi connectivity index (χ4v) is 1.31. The lowest BCUT2D eigenvalue weighted by Crippen LogP contribution is -1.93. The van der Waals surface area contributed by atoms with Gasteiger partial charge in [0.1, 0.15) is 6.10 Å². The standard InChI is InChI=1S/C11H10NO/c1-8(13)10-7-6-9-4-2-3-5-11(9)12-10/h2-8H,1H3. The van der Waals surface area contributed by atoms with Crippen molar-refractivity contribution in [2.75, 3.05) is 0 Å². The van der Waals surface area contributed by atoms with Gasteiger partial charge in [-0.05, 0) is 19.1 Å². The highest BCUT2D eigenvalue weighted by molar-refractivity contribution is 5.78. The van der Waals surface area contributed by atoms with E-state index < -0.39 is 6.10 Å². The van der Waals surface area contributed by atoms with E-state index in [0.29, 0.717) is 5.69 Å². The maximum Gasteiger partial charge on any atom is 0.132 e. The van der Waals surface area contributed by atoms with E-state index in [2.05, 4.69) is 4.98 Å². The van der Waals surface area contributed by atoms with Gasteiger partial charge in [-0.1, -0.05) is 24.3 Å². The molecular weight excluding hydrogens is 162 g/mol. The topological polar surface area (TPSA) is 32.8 Å². The number of hydrogen-bond acceptors (Lipinski definition) is 1. The number of hydrogen-bond donors (Lipinski definition) is 0. The summed E-state index contributed by atoms with van der Waals surface area (Å²) in [6.07, 6.45) is -0.746. The minimum atomic E-state index is -0.746. The van der Waals surface area contributed by atoms with Crippen LogP contribution in [0.4, 0.5) is 0 Å². The molecule has 2 nitrogen and oxygen atoms in total. The molecule has 0 aliphatic carbocycles. The maximum absolute atomic E-state index is 11.1. The van der Waals surface area contributed by atoms with Crippen molar-refractivity contribution in [3.8, 4) is 0 Å². The largest absolute Gasteiger partial charge is 0.250 e. The Labute approximate surface area is 76.9 Å². The van der Waals surface area contributed by atoms with Crippen LogP contribution in [0.5, 0.6) is 0 Å². The van der Waals surface area contributed by atoms with Crippen LogP contribution in [0.1, 0.15) is 18.7 Å². The van der Waals surface area contributed by atoms with E-state index in [1.165, 1.54) is 0 Å². The fraction of sp³-hybridized carbons (Fsp3) is 0.182. The van der Waals surface area contributed by atoms with Gasteiger partial charge in [-0.25, -0.2) is 10.1 Å². The summed E-state index contributed by atoms with van der Waals surface area (Å²) in [5, 5.41) is 12.2. The molecule has 0 N–H and O–H groups in total. The number of nitrogens with zero attached hydrogens (tertiary/aromatic N) is 1. The lowest BCUT2D eigenvalue weighted by Gasteiger charge is -2.02. The first-order valence-electron chi connectivity index (χ1n) is 4.29. The Morgan fingerprint density at radius 1 is 1.15 bits per heavy atom. The van der Waals surface area contributed by atoms with Gasteiger partial charge in [-0.3, -0.25) is 0 Å². The molecule has 13 heavy (non-hydrogen) atoms. The minimum Gasteiger partial charge on any atom is -0.250 e. The Morgan fingerprint density at radius 3 is 2.69 bits per heavy atom. The zero-order valence-corrected chi connectivity index (χ0v) is 7.40. The highest BCUT2D eigenvalue weighted by Gasteiger charge is 2.03. The van der Waals surface area contributed by atoms with Gasteiger partial charge in [0.15, 0.2) is 0 Å². The molecule has 2 rings (SSSR count). The molecule has 1 aromatic carbocycles. The van der Waals surface area contributed by atoms with Crippen LogP contribution in [0.2, 0.25) is 0 Å². The van der Waals surface area contributed by atoms with Gasteiger partial charge in [0.2, 0.25) is 0 Å². The van der Waals surface area contributed by atoms with Crippen molar-refractivity contribution in [3.63, 3.8) is 0 Å². The Hall–Kier alpha value is -1.41. The molecule has 2 aromatic rings. The fourth-order valence-electron chi connectivity index (χ4n) is 1.31. The van der Waals surface area contributed by atoms with E-state index >= 15 is 0 Å². The van der Waals surface area contributed by atoms with Gasteiger partial charge in [0, 0.05) is 5.39 Å². The molecule has 1 radical (unpaired) electrons. The smallest absolute Gasteiger partial charge is 0.132 e. The van der Waals surface area contributed by atoms with Crippen LogP contribution in [0.15, 0.2) is 36.4 Å². The zero-order chi connectivity index (χ0) is 9.26. The SMILES string of the molecule is CC([O])c1ccc2ccccc2n1. The van der Waals surface area contributed by atoms with Crippen molar-refractivity contribution >= 4 is 10.9 Å². The van der Waals surface area contributed by atoms with Crippen molar-refractivity contribution in [1.29, 1.82) is 0 Å². The predicted molar refractivity (Wildman–Crippen MR) is 50.8 cm³/mol. The minimum absolute atomic E-state index is 0.610. The van der Waals surface area contributed by atoms with Gasteiger partial charge in [0.25, 0.3) is 0 Å². The molecule has 0 bridgehead atoms. The Kier molecular flexibility index (Phi) is 1.99. The summed E-state index contributed by atoms with van der Waals surface area (Å²) >= 11 is 0. The molecule has 0 spiro atoms. The predicted octanol–water partition coefficient (Wildman–Crippen LogP) is 2.73. The van der Waals surface area contributed by atoms with Gasteiger partial charge in [-0.15, -0.1) is 0 Å². The quantitative estimate of drug-likeness (QED) is 0.651. The Bertz CT molecular complexity index is 423. The van der Waals surface area contributed by atoms with E-state index in [1.807, 2.05) is 30.3 Å². The summed E-state index contributed by atoms with van der Waals surface area (Å²) < 4.78 is 0. The molecule has 65 valence electrons. The molecule has 0 amide bonds. The summed E-state index contributed by atoms with van der Waals surface area (Å²) in [6.45, 7) is 1.61. The number of fused-ring (bicyclic) bond motifs is 1. The number of benzene rings is 1. The molecule has 1 heterocycles. The van der Waals surface area contributed by atoms with Crippen molar-refractivity contribution in [2.24, 2.45) is 0 Å². The third-order valence-corrected chi connectivity index (χ3v) is 2.04. The average molecular weight is 172 g/mol. The monoisotopic (exact) mass is 172 g/mol. The second-order valence-corrected chi connectivity index (χ2v) is 3.07. The first-order chi connectivity index (χ1) is 6.27. The summed E-state index contributed by atoms with van der Waals surface area (Å²) in [5.41, 5.74) is 1.50. The summed E-state index contributed by atoms with van der Waals surface area (Å²) in [7, 11) is 0. The van der Waals surface area contributed by atoms with Crippen molar-refractivity contribution in [3.05, 3.63) is 42.1 Å². The molecule has 0 saturated carbocycles. The van der Waals surface area contributed by atoms with Crippen molar-refractivity contribution in [1.82, 2.24) is 4.98 Å². The molecule has 2 heteroatoms. The van der Waals surface area contributed by atoms with Crippen LogP contribution >= 0.6 is 0 Å². The van der Waals surface area contributed by atoms with Crippen LogP contribution in [0.3, 0.4) is 0 Å². The van der Waals surface area contributed by atoms with Crippen LogP contribution in [0, 0.1) is 0 Å². The molecule has 0 aliphatic heterocycles. The van der Waals surface area contributed by atoms with Gasteiger partial charge in [0.05, 0.1) is 11.2 Å². The molecule has 0 aliphatic rings. The van der Waals surface area contributed by atoms with E-state index in [4.69, 9.17) is 0 Å². The van der Waals surface area contributed by atoms with E-state index in [-0.39, 0.29) is 0 Å². The molecule has 1 unspecified atom stereocenters. The first-order valence-corrected chi connectivity index (χ1v) is 4.29.